The Kier molecular flexibility index (Phi) is 3.64. The predicted molar refractivity (Wildman–Crippen MR) is 62.3 cm³/mol. The highest BCUT2D eigenvalue weighted by molar-refractivity contribution is 5.74. The van der Waals surface area contributed by atoms with Gasteiger partial charge in [0.2, 0.25) is 0 Å². The molecule has 0 aromatic heterocycles. The molecule has 1 aliphatic carbocycles. The second kappa shape index (κ2) is 5.02. The number of hydrogen-bond donors (Lipinski definition) is 0. The molecule has 0 saturated carbocycles. The van der Waals surface area contributed by atoms with E-state index in [1.165, 1.54) is 0 Å². The molecule has 0 amide bonds. The number of hydrogen-bond acceptors (Lipinski definition) is 4. The van der Waals surface area contributed by atoms with E-state index in [1.54, 1.807) is 7.11 Å². The van der Waals surface area contributed by atoms with Crippen molar-refractivity contribution in [2.45, 2.75) is 32.0 Å². The second-order valence-corrected chi connectivity index (χ2v) is 4.60. The largest absolute Gasteiger partial charge is 0.457 e. The van der Waals surface area contributed by atoms with Crippen LogP contribution in [-0.4, -0.2) is 32.1 Å². The Hall–Kier alpha value is -1.13. The van der Waals surface area contributed by atoms with Gasteiger partial charge in [-0.25, -0.2) is 0 Å². The summed E-state index contributed by atoms with van der Waals surface area (Å²) in [6.07, 6.45) is 2.97. The number of fused-ring (bicyclic) bond motifs is 1. The second-order valence-electron chi connectivity index (χ2n) is 4.60. The summed E-state index contributed by atoms with van der Waals surface area (Å²) >= 11 is 0. The van der Waals surface area contributed by atoms with E-state index in [1.807, 2.05) is 13.0 Å². The summed E-state index contributed by atoms with van der Waals surface area (Å²) in [5.41, 5.74) is 2.03. The summed E-state index contributed by atoms with van der Waals surface area (Å²) in [7, 11) is 1.60. The van der Waals surface area contributed by atoms with Crippen molar-refractivity contribution in [2.75, 3.05) is 13.9 Å². The lowest BCUT2D eigenvalue weighted by Gasteiger charge is -2.37. The molecular weight excluding hydrogens is 220 g/mol. The van der Waals surface area contributed by atoms with Crippen molar-refractivity contribution >= 4 is 5.97 Å². The van der Waals surface area contributed by atoms with E-state index in [0.29, 0.717) is 6.42 Å². The molecule has 0 aromatic rings. The van der Waals surface area contributed by atoms with Gasteiger partial charge in [-0.2, -0.15) is 0 Å². The molecule has 0 aromatic carbocycles. The van der Waals surface area contributed by atoms with Crippen LogP contribution in [0.25, 0.3) is 0 Å². The van der Waals surface area contributed by atoms with E-state index in [0.717, 1.165) is 17.6 Å². The number of ether oxygens (including phenoxy) is 3. The van der Waals surface area contributed by atoms with Gasteiger partial charge < -0.3 is 14.2 Å². The molecule has 1 saturated heterocycles. The number of esters is 1. The minimum absolute atomic E-state index is 0.0322. The van der Waals surface area contributed by atoms with Gasteiger partial charge in [-0.15, -0.1) is 0 Å². The van der Waals surface area contributed by atoms with Crippen LogP contribution in [-0.2, 0) is 19.0 Å². The monoisotopic (exact) mass is 238 g/mol. The first-order valence-corrected chi connectivity index (χ1v) is 5.78. The fraction of sp³-hybridized carbons (Fsp3) is 0.615. The maximum absolute atomic E-state index is 11.3. The molecule has 17 heavy (non-hydrogen) atoms. The van der Waals surface area contributed by atoms with Crippen LogP contribution < -0.4 is 0 Å². The molecule has 3 atom stereocenters. The van der Waals surface area contributed by atoms with Gasteiger partial charge in [0.15, 0.2) is 0 Å². The highest BCUT2D eigenvalue weighted by Gasteiger charge is 2.37. The van der Waals surface area contributed by atoms with E-state index < -0.39 is 0 Å². The van der Waals surface area contributed by atoms with Gasteiger partial charge in [-0.05, 0) is 25.0 Å². The maximum Gasteiger partial charge on any atom is 0.310 e. The fourth-order valence-corrected chi connectivity index (χ4v) is 2.41. The first-order valence-electron chi connectivity index (χ1n) is 5.78. The normalized spacial score (nSPS) is 32.8. The van der Waals surface area contributed by atoms with Gasteiger partial charge in [0.1, 0.15) is 12.9 Å². The Balaban J connectivity index is 2.11. The van der Waals surface area contributed by atoms with E-state index in [9.17, 15) is 4.79 Å². The van der Waals surface area contributed by atoms with Crippen molar-refractivity contribution in [3.8, 4) is 0 Å². The quantitative estimate of drug-likeness (QED) is 0.427. The SMILES string of the molecule is C=C1CC(=O)O[C@@H]2C=C(C)[C@H](OCOC)C[C@H]12. The standard InChI is InChI=1S/C13H18O4/c1-8-5-13(14)17-12-4-9(2)11(6-10(8)12)16-7-15-3/h4,10-12H,1,5-7H2,2-3H3/t10-,11-,12-/m1/s1. The molecule has 1 heterocycles. The third kappa shape index (κ3) is 2.58. The van der Waals surface area contributed by atoms with Gasteiger partial charge in [0.05, 0.1) is 12.5 Å². The Morgan fingerprint density at radius 2 is 2.35 bits per heavy atom. The third-order valence-corrected chi connectivity index (χ3v) is 3.35. The molecule has 0 spiro atoms. The fourth-order valence-electron chi connectivity index (χ4n) is 2.41. The molecule has 4 heteroatoms. The molecular formula is C13H18O4. The lowest BCUT2D eigenvalue weighted by atomic mass is 9.79. The van der Waals surface area contributed by atoms with Crippen LogP contribution in [0.4, 0.5) is 0 Å². The lowest BCUT2D eigenvalue weighted by Crippen LogP contribution is -2.39. The van der Waals surface area contributed by atoms with Gasteiger partial charge >= 0.3 is 5.97 Å². The molecule has 0 N–H and O–H groups in total. The Morgan fingerprint density at radius 1 is 1.59 bits per heavy atom. The third-order valence-electron chi connectivity index (χ3n) is 3.35. The van der Waals surface area contributed by atoms with Gasteiger partial charge in [0, 0.05) is 13.0 Å². The van der Waals surface area contributed by atoms with Crippen LogP contribution in [0, 0.1) is 5.92 Å². The molecule has 1 fully saturated rings. The van der Waals surface area contributed by atoms with Crippen molar-refractivity contribution < 1.29 is 19.0 Å². The topological polar surface area (TPSA) is 44.8 Å². The number of carbonyl (C=O) groups is 1. The van der Waals surface area contributed by atoms with Crippen LogP contribution in [0.5, 0.6) is 0 Å². The summed E-state index contributed by atoms with van der Waals surface area (Å²) in [6.45, 7) is 6.24. The summed E-state index contributed by atoms with van der Waals surface area (Å²) < 4.78 is 15.8. The summed E-state index contributed by atoms with van der Waals surface area (Å²) in [5.74, 6) is -0.00480. The van der Waals surface area contributed by atoms with Crippen LogP contribution in [0.15, 0.2) is 23.8 Å². The van der Waals surface area contributed by atoms with E-state index in [2.05, 4.69) is 6.58 Å². The molecule has 0 radical (unpaired) electrons. The maximum atomic E-state index is 11.3. The zero-order chi connectivity index (χ0) is 12.4. The smallest absolute Gasteiger partial charge is 0.310 e. The number of methoxy groups -OCH3 is 1. The minimum atomic E-state index is -0.184. The van der Waals surface area contributed by atoms with Gasteiger partial charge in [-0.3, -0.25) is 4.79 Å². The van der Waals surface area contributed by atoms with Gasteiger partial charge in [0.25, 0.3) is 0 Å². The zero-order valence-corrected chi connectivity index (χ0v) is 10.3. The summed E-state index contributed by atoms with van der Waals surface area (Å²) in [4.78, 5) is 11.3. The minimum Gasteiger partial charge on any atom is -0.457 e. The highest BCUT2D eigenvalue weighted by Crippen LogP contribution is 2.36. The lowest BCUT2D eigenvalue weighted by molar-refractivity contribution is -0.153. The van der Waals surface area contributed by atoms with Crippen LogP contribution in [0.1, 0.15) is 19.8 Å². The van der Waals surface area contributed by atoms with Crippen molar-refractivity contribution in [2.24, 2.45) is 5.92 Å². The number of rotatable bonds is 3. The number of carbonyl (C=O) groups excluding carboxylic acids is 1. The van der Waals surface area contributed by atoms with Crippen molar-refractivity contribution in [1.29, 1.82) is 0 Å². The molecule has 94 valence electrons. The summed E-state index contributed by atoms with van der Waals surface area (Å²) in [5, 5.41) is 0. The van der Waals surface area contributed by atoms with Crippen LogP contribution in [0.2, 0.25) is 0 Å². The Morgan fingerprint density at radius 3 is 3.06 bits per heavy atom. The predicted octanol–water partition coefficient (Wildman–Crippen LogP) is 1.81. The van der Waals surface area contributed by atoms with E-state index in [4.69, 9.17) is 14.2 Å². The average Bonchev–Trinajstić information content (AvgIpc) is 2.26. The molecule has 1 aliphatic heterocycles. The van der Waals surface area contributed by atoms with E-state index in [-0.39, 0.29) is 30.9 Å². The summed E-state index contributed by atoms with van der Waals surface area (Å²) in [6, 6.07) is 0. The zero-order valence-electron chi connectivity index (χ0n) is 10.3. The first-order chi connectivity index (χ1) is 8.11. The average molecular weight is 238 g/mol. The van der Waals surface area contributed by atoms with Crippen molar-refractivity contribution in [1.82, 2.24) is 0 Å². The van der Waals surface area contributed by atoms with Crippen molar-refractivity contribution in [3.63, 3.8) is 0 Å². The molecule has 2 rings (SSSR count). The molecule has 0 unspecified atom stereocenters. The molecule has 2 aliphatic rings. The van der Waals surface area contributed by atoms with Crippen LogP contribution in [0.3, 0.4) is 0 Å². The Bertz CT molecular complexity index is 358. The first kappa shape index (κ1) is 12.3. The van der Waals surface area contributed by atoms with Crippen LogP contribution >= 0.6 is 0 Å². The van der Waals surface area contributed by atoms with Crippen molar-refractivity contribution in [3.05, 3.63) is 23.8 Å². The molecule has 0 bridgehead atoms. The van der Waals surface area contributed by atoms with E-state index >= 15 is 0 Å². The molecule has 4 nitrogen and oxygen atoms in total. The van der Waals surface area contributed by atoms with Gasteiger partial charge in [-0.1, -0.05) is 12.2 Å². The highest BCUT2D eigenvalue weighted by atomic mass is 16.7. The Labute approximate surface area is 101 Å².